The SMILES string of the molecule is COc1ccc(N)cc1CCNC(=O)c1c(C)oc2ncnc(NC3(C)CC3)c12. The highest BCUT2D eigenvalue weighted by molar-refractivity contribution is 6.10. The molecule has 3 aromatic rings. The molecule has 1 amide bonds. The number of methoxy groups -OCH3 is 1. The molecule has 0 radical (unpaired) electrons. The van der Waals surface area contributed by atoms with Crippen LogP contribution in [0, 0.1) is 6.92 Å². The van der Waals surface area contributed by atoms with Crippen LogP contribution in [-0.4, -0.2) is 35.1 Å². The number of fused-ring (bicyclic) bond motifs is 1. The van der Waals surface area contributed by atoms with Gasteiger partial charge in [0.2, 0.25) is 5.71 Å². The number of anilines is 2. The summed E-state index contributed by atoms with van der Waals surface area (Å²) in [5, 5.41) is 7.01. The number of hydrogen-bond acceptors (Lipinski definition) is 7. The monoisotopic (exact) mass is 395 g/mol. The van der Waals surface area contributed by atoms with Crippen LogP contribution in [0.4, 0.5) is 11.5 Å². The summed E-state index contributed by atoms with van der Waals surface area (Å²) >= 11 is 0. The molecule has 1 fully saturated rings. The zero-order chi connectivity index (χ0) is 20.6. The lowest BCUT2D eigenvalue weighted by atomic mass is 10.1. The fraction of sp³-hybridized carbons (Fsp3) is 0.381. The third kappa shape index (κ3) is 3.83. The van der Waals surface area contributed by atoms with Gasteiger partial charge < -0.3 is 25.5 Å². The van der Waals surface area contributed by atoms with Gasteiger partial charge in [-0.3, -0.25) is 4.79 Å². The number of ether oxygens (including phenoxy) is 1. The Morgan fingerprint density at radius 2 is 2.14 bits per heavy atom. The number of aryl methyl sites for hydroxylation is 1. The molecular formula is C21H25N5O3. The van der Waals surface area contributed by atoms with E-state index in [0.29, 0.717) is 46.9 Å². The molecular weight excluding hydrogens is 370 g/mol. The molecule has 0 spiro atoms. The summed E-state index contributed by atoms with van der Waals surface area (Å²) in [7, 11) is 1.61. The Kier molecular flexibility index (Phi) is 4.77. The van der Waals surface area contributed by atoms with E-state index in [4.69, 9.17) is 14.9 Å². The van der Waals surface area contributed by atoms with Crippen LogP contribution in [0.5, 0.6) is 5.75 Å². The zero-order valence-electron chi connectivity index (χ0n) is 16.8. The third-order valence-corrected chi connectivity index (χ3v) is 5.30. The smallest absolute Gasteiger partial charge is 0.255 e. The summed E-state index contributed by atoms with van der Waals surface area (Å²) in [6.45, 7) is 4.33. The van der Waals surface area contributed by atoms with Crippen LogP contribution in [0.15, 0.2) is 28.9 Å². The number of nitrogens with one attached hydrogen (secondary N) is 2. The summed E-state index contributed by atoms with van der Waals surface area (Å²) in [6, 6.07) is 5.47. The Morgan fingerprint density at radius 3 is 2.86 bits per heavy atom. The third-order valence-electron chi connectivity index (χ3n) is 5.30. The van der Waals surface area contributed by atoms with Crippen LogP contribution in [-0.2, 0) is 6.42 Å². The number of hydrogen-bond donors (Lipinski definition) is 3. The fourth-order valence-electron chi connectivity index (χ4n) is 3.40. The average molecular weight is 395 g/mol. The zero-order valence-corrected chi connectivity index (χ0v) is 16.8. The molecule has 8 heteroatoms. The van der Waals surface area contributed by atoms with Crippen LogP contribution in [0.3, 0.4) is 0 Å². The van der Waals surface area contributed by atoms with Crippen molar-refractivity contribution in [2.24, 2.45) is 0 Å². The second-order valence-electron chi connectivity index (χ2n) is 7.70. The number of nitrogens with two attached hydrogens (primary N) is 1. The molecule has 2 heterocycles. The molecule has 1 aliphatic carbocycles. The van der Waals surface area contributed by atoms with Crippen molar-refractivity contribution in [1.82, 2.24) is 15.3 Å². The van der Waals surface area contributed by atoms with Crippen LogP contribution in [0.2, 0.25) is 0 Å². The van der Waals surface area contributed by atoms with Gasteiger partial charge in [0.25, 0.3) is 5.91 Å². The minimum Gasteiger partial charge on any atom is -0.496 e. The lowest BCUT2D eigenvalue weighted by Gasteiger charge is -2.13. The summed E-state index contributed by atoms with van der Waals surface area (Å²) in [5.41, 5.74) is 8.36. The summed E-state index contributed by atoms with van der Waals surface area (Å²) < 4.78 is 11.1. The van der Waals surface area contributed by atoms with Crippen molar-refractivity contribution in [2.45, 2.75) is 38.6 Å². The van der Waals surface area contributed by atoms with Crippen molar-refractivity contribution in [1.29, 1.82) is 0 Å². The van der Waals surface area contributed by atoms with Gasteiger partial charge in [0.1, 0.15) is 23.7 Å². The van der Waals surface area contributed by atoms with Gasteiger partial charge >= 0.3 is 0 Å². The average Bonchev–Trinajstić information content (AvgIpc) is 3.30. The number of rotatable bonds is 7. The standard InChI is InChI=1S/C21H25N5O3/c1-12-16(17-18(26-21(2)7-8-21)24-11-25-20(17)29-12)19(27)23-9-6-13-10-14(22)4-5-15(13)28-3/h4-5,10-11H,6-9,22H2,1-3H3,(H,23,27)(H,24,25,26). The molecule has 152 valence electrons. The number of nitrogens with zero attached hydrogens (tertiary/aromatic N) is 2. The van der Waals surface area contributed by atoms with E-state index in [1.54, 1.807) is 20.1 Å². The van der Waals surface area contributed by atoms with Crippen LogP contribution >= 0.6 is 0 Å². The first-order valence-corrected chi connectivity index (χ1v) is 9.63. The summed E-state index contributed by atoms with van der Waals surface area (Å²) in [5.74, 6) is 1.68. The Bertz CT molecular complexity index is 1070. The predicted molar refractivity (Wildman–Crippen MR) is 111 cm³/mol. The van der Waals surface area contributed by atoms with Crippen molar-refractivity contribution < 1.29 is 13.9 Å². The van der Waals surface area contributed by atoms with E-state index in [0.717, 1.165) is 24.2 Å². The maximum absolute atomic E-state index is 13.0. The largest absolute Gasteiger partial charge is 0.496 e. The molecule has 4 N–H and O–H groups in total. The van der Waals surface area contributed by atoms with Gasteiger partial charge in [-0.2, -0.15) is 0 Å². The van der Waals surface area contributed by atoms with Crippen molar-refractivity contribution >= 4 is 28.5 Å². The molecule has 1 aliphatic rings. The van der Waals surface area contributed by atoms with Crippen LogP contribution in [0.25, 0.3) is 11.1 Å². The minimum atomic E-state index is -0.220. The van der Waals surface area contributed by atoms with E-state index in [9.17, 15) is 4.79 Å². The molecule has 0 bridgehead atoms. The van der Waals surface area contributed by atoms with Crippen LogP contribution in [0.1, 0.15) is 41.4 Å². The molecule has 1 aromatic carbocycles. The maximum Gasteiger partial charge on any atom is 0.255 e. The highest BCUT2D eigenvalue weighted by Crippen LogP contribution is 2.40. The maximum atomic E-state index is 13.0. The predicted octanol–water partition coefficient (Wildman–Crippen LogP) is 3.06. The number of furan rings is 1. The van der Waals surface area contributed by atoms with Gasteiger partial charge in [-0.25, -0.2) is 9.97 Å². The van der Waals surface area contributed by atoms with E-state index in [1.165, 1.54) is 6.33 Å². The highest BCUT2D eigenvalue weighted by Gasteiger charge is 2.38. The topological polar surface area (TPSA) is 115 Å². The van der Waals surface area contributed by atoms with E-state index in [1.807, 2.05) is 12.1 Å². The number of nitrogen functional groups attached to an aromatic ring is 1. The van der Waals surface area contributed by atoms with Crippen molar-refractivity contribution in [3.8, 4) is 5.75 Å². The second kappa shape index (κ2) is 7.27. The first-order chi connectivity index (χ1) is 13.9. The Morgan fingerprint density at radius 1 is 1.34 bits per heavy atom. The highest BCUT2D eigenvalue weighted by atomic mass is 16.5. The molecule has 8 nitrogen and oxygen atoms in total. The second-order valence-corrected chi connectivity index (χ2v) is 7.70. The van der Waals surface area contributed by atoms with Gasteiger partial charge in [0.15, 0.2) is 0 Å². The number of aromatic nitrogens is 2. The Hall–Kier alpha value is -3.29. The number of carbonyl (C=O) groups excluding carboxylic acids is 1. The lowest BCUT2D eigenvalue weighted by molar-refractivity contribution is 0.0954. The quantitative estimate of drug-likeness (QED) is 0.527. The van der Waals surface area contributed by atoms with E-state index in [-0.39, 0.29) is 11.4 Å². The summed E-state index contributed by atoms with van der Waals surface area (Å²) in [4.78, 5) is 21.5. The van der Waals surface area contributed by atoms with E-state index in [2.05, 4.69) is 27.5 Å². The van der Waals surface area contributed by atoms with Gasteiger partial charge in [-0.15, -0.1) is 0 Å². The number of benzene rings is 1. The van der Waals surface area contributed by atoms with Gasteiger partial charge in [-0.1, -0.05) is 0 Å². The minimum absolute atomic E-state index is 0.0179. The normalized spacial score (nSPS) is 14.6. The van der Waals surface area contributed by atoms with Crippen LogP contribution < -0.4 is 21.1 Å². The Labute approximate surface area is 168 Å². The molecule has 2 aromatic heterocycles. The Balaban J connectivity index is 1.54. The van der Waals surface area contributed by atoms with Gasteiger partial charge in [0, 0.05) is 17.8 Å². The molecule has 29 heavy (non-hydrogen) atoms. The lowest BCUT2D eigenvalue weighted by Crippen LogP contribution is -2.26. The molecule has 0 unspecified atom stereocenters. The summed E-state index contributed by atoms with van der Waals surface area (Å²) in [6.07, 6.45) is 4.18. The van der Waals surface area contributed by atoms with Crippen molar-refractivity contribution in [3.63, 3.8) is 0 Å². The van der Waals surface area contributed by atoms with Crippen molar-refractivity contribution in [2.75, 3.05) is 24.7 Å². The molecule has 4 rings (SSSR count). The first-order valence-electron chi connectivity index (χ1n) is 9.63. The molecule has 1 saturated carbocycles. The number of amides is 1. The molecule has 0 saturated heterocycles. The van der Waals surface area contributed by atoms with Gasteiger partial charge in [0.05, 0.1) is 18.1 Å². The van der Waals surface area contributed by atoms with E-state index >= 15 is 0 Å². The number of carbonyl (C=O) groups is 1. The van der Waals surface area contributed by atoms with Crippen molar-refractivity contribution in [3.05, 3.63) is 41.4 Å². The molecule has 0 atom stereocenters. The van der Waals surface area contributed by atoms with Gasteiger partial charge in [-0.05, 0) is 56.9 Å². The first kappa shape index (κ1) is 19.0. The fourth-order valence-corrected chi connectivity index (χ4v) is 3.40. The molecule has 0 aliphatic heterocycles. The van der Waals surface area contributed by atoms with E-state index < -0.39 is 0 Å².